The lowest BCUT2D eigenvalue weighted by molar-refractivity contribution is 0.335. The van der Waals surface area contributed by atoms with Gasteiger partial charge in [0.15, 0.2) is 0 Å². The van der Waals surface area contributed by atoms with Gasteiger partial charge in [0.2, 0.25) is 0 Å². The molecule has 1 aliphatic heterocycles. The molecule has 1 unspecified atom stereocenters. The standard InChI is InChI=1S/C9H17N5/c1-13-7-11-12-9(13)3-5-14-4-2-8(10)6-14/h7-8H,2-6,10H2,1H3. The summed E-state index contributed by atoms with van der Waals surface area (Å²) in [4.78, 5) is 2.39. The van der Waals surface area contributed by atoms with Crippen molar-refractivity contribution in [2.45, 2.75) is 18.9 Å². The van der Waals surface area contributed by atoms with Crippen molar-refractivity contribution < 1.29 is 0 Å². The second kappa shape index (κ2) is 4.06. The van der Waals surface area contributed by atoms with Crippen LogP contribution in [0.2, 0.25) is 0 Å². The molecule has 0 amide bonds. The Morgan fingerprint density at radius 3 is 3.07 bits per heavy atom. The van der Waals surface area contributed by atoms with Gasteiger partial charge < -0.3 is 15.2 Å². The van der Waals surface area contributed by atoms with Gasteiger partial charge in [-0.15, -0.1) is 10.2 Å². The Bertz CT molecular complexity index is 295. The van der Waals surface area contributed by atoms with E-state index >= 15 is 0 Å². The van der Waals surface area contributed by atoms with Crippen LogP contribution in [0.25, 0.3) is 0 Å². The van der Waals surface area contributed by atoms with Gasteiger partial charge >= 0.3 is 0 Å². The third-order valence-electron chi connectivity index (χ3n) is 2.77. The maximum atomic E-state index is 5.83. The van der Waals surface area contributed by atoms with Gasteiger partial charge in [0, 0.05) is 32.6 Å². The summed E-state index contributed by atoms with van der Waals surface area (Å²) in [6.45, 7) is 3.19. The highest BCUT2D eigenvalue weighted by Gasteiger charge is 2.18. The highest BCUT2D eigenvalue weighted by molar-refractivity contribution is 4.87. The third kappa shape index (κ3) is 2.10. The molecular weight excluding hydrogens is 178 g/mol. The number of rotatable bonds is 3. The molecule has 78 valence electrons. The normalized spacial score (nSPS) is 23.1. The minimum absolute atomic E-state index is 0.370. The van der Waals surface area contributed by atoms with Crippen molar-refractivity contribution in [2.24, 2.45) is 12.8 Å². The Morgan fingerprint density at radius 2 is 2.50 bits per heavy atom. The molecule has 5 heteroatoms. The van der Waals surface area contributed by atoms with Crippen LogP contribution in [0, 0.1) is 0 Å². The second-order valence-electron chi connectivity index (χ2n) is 3.96. The van der Waals surface area contributed by atoms with Crippen LogP contribution >= 0.6 is 0 Å². The fourth-order valence-corrected chi connectivity index (χ4v) is 1.86. The van der Waals surface area contributed by atoms with E-state index in [9.17, 15) is 0 Å². The van der Waals surface area contributed by atoms with E-state index in [1.54, 1.807) is 6.33 Å². The summed E-state index contributed by atoms with van der Waals surface area (Å²) in [6, 6.07) is 0.370. The van der Waals surface area contributed by atoms with E-state index in [1.165, 1.54) is 0 Å². The summed E-state index contributed by atoms with van der Waals surface area (Å²) >= 11 is 0. The van der Waals surface area contributed by atoms with Crippen LogP contribution in [0.5, 0.6) is 0 Å². The monoisotopic (exact) mass is 195 g/mol. The molecule has 14 heavy (non-hydrogen) atoms. The molecule has 1 aromatic rings. The minimum Gasteiger partial charge on any atom is -0.326 e. The summed E-state index contributed by atoms with van der Waals surface area (Å²) in [5.74, 6) is 1.05. The molecule has 2 rings (SSSR count). The molecule has 0 bridgehead atoms. The molecule has 0 aliphatic carbocycles. The Balaban J connectivity index is 1.80. The molecule has 0 saturated carbocycles. The number of aromatic nitrogens is 3. The molecule has 1 saturated heterocycles. The quantitative estimate of drug-likeness (QED) is 0.699. The van der Waals surface area contributed by atoms with Gasteiger partial charge in [0.05, 0.1) is 0 Å². The first-order valence-electron chi connectivity index (χ1n) is 5.06. The number of nitrogens with zero attached hydrogens (tertiary/aromatic N) is 4. The second-order valence-corrected chi connectivity index (χ2v) is 3.96. The molecule has 1 atom stereocenters. The first-order valence-corrected chi connectivity index (χ1v) is 5.06. The van der Waals surface area contributed by atoms with Crippen molar-refractivity contribution in [1.29, 1.82) is 0 Å². The SMILES string of the molecule is Cn1cnnc1CCN1CCC(N)C1. The Hall–Kier alpha value is -0.940. The van der Waals surface area contributed by atoms with Crippen molar-refractivity contribution in [2.75, 3.05) is 19.6 Å². The number of nitrogens with two attached hydrogens (primary N) is 1. The maximum absolute atomic E-state index is 5.83. The van der Waals surface area contributed by atoms with E-state index in [0.29, 0.717) is 6.04 Å². The third-order valence-corrected chi connectivity index (χ3v) is 2.77. The zero-order valence-electron chi connectivity index (χ0n) is 8.56. The molecule has 1 fully saturated rings. The van der Waals surface area contributed by atoms with Crippen LogP contribution in [-0.2, 0) is 13.5 Å². The van der Waals surface area contributed by atoms with Crippen molar-refractivity contribution in [3.63, 3.8) is 0 Å². The number of hydrogen-bond acceptors (Lipinski definition) is 4. The molecule has 0 aromatic carbocycles. The fourth-order valence-electron chi connectivity index (χ4n) is 1.86. The lowest BCUT2D eigenvalue weighted by Gasteiger charge is -2.13. The molecule has 1 aliphatic rings. The largest absolute Gasteiger partial charge is 0.326 e. The molecular formula is C9H17N5. The van der Waals surface area contributed by atoms with Crippen LogP contribution in [0.15, 0.2) is 6.33 Å². The van der Waals surface area contributed by atoms with E-state index in [1.807, 2.05) is 11.6 Å². The lowest BCUT2D eigenvalue weighted by atomic mass is 10.3. The van der Waals surface area contributed by atoms with Gasteiger partial charge in [0.25, 0.3) is 0 Å². The molecule has 1 aromatic heterocycles. The predicted octanol–water partition coefficient (Wildman–Crippen LogP) is -0.609. The molecule has 0 spiro atoms. The summed E-state index contributed by atoms with van der Waals surface area (Å²) < 4.78 is 1.97. The van der Waals surface area contributed by atoms with Gasteiger partial charge in [-0.1, -0.05) is 0 Å². The highest BCUT2D eigenvalue weighted by Crippen LogP contribution is 2.07. The Morgan fingerprint density at radius 1 is 1.64 bits per heavy atom. The van der Waals surface area contributed by atoms with Gasteiger partial charge in [-0.2, -0.15) is 0 Å². The van der Waals surface area contributed by atoms with Crippen LogP contribution < -0.4 is 5.73 Å². The molecule has 2 heterocycles. The zero-order chi connectivity index (χ0) is 9.97. The summed E-state index contributed by atoms with van der Waals surface area (Å²) in [6.07, 6.45) is 3.83. The van der Waals surface area contributed by atoms with Gasteiger partial charge in [-0.3, -0.25) is 0 Å². The fraction of sp³-hybridized carbons (Fsp3) is 0.778. The minimum atomic E-state index is 0.370. The van der Waals surface area contributed by atoms with Crippen molar-refractivity contribution in [1.82, 2.24) is 19.7 Å². The van der Waals surface area contributed by atoms with E-state index < -0.39 is 0 Å². The first kappa shape index (κ1) is 9.61. The van der Waals surface area contributed by atoms with Gasteiger partial charge in [-0.25, -0.2) is 0 Å². The zero-order valence-corrected chi connectivity index (χ0v) is 8.56. The first-order chi connectivity index (χ1) is 6.75. The van der Waals surface area contributed by atoms with Crippen LogP contribution in [-0.4, -0.2) is 45.3 Å². The average Bonchev–Trinajstić information content (AvgIpc) is 2.72. The number of likely N-dealkylation sites (tertiary alicyclic amines) is 1. The highest BCUT2D eigenvalue weighted by atomic mass is 15.3. The van der Waals surface area contributed by atoms with Crippen molar-refractivity contribution >= 4 is 0 Å². The Kier molecular flexibility index (Phi) is 2.79. The summed E-state index contributed by atoms with van der Waals surface area (Å²) in [5.41, 5.74) is 5.83. The molecule has 5 nitrogen and oxygen atoms in total. The van der Waals surface area contributed by atoms with Crippen molar-refractivity contribution in [3.05, 3.63) is 12.2 Å². The van der Waals surface area contributed by atoms with E-state index in [2.05, 4.69) is 15.1 Å². The van der Waals surface area contributed by atoms with E-state index in [-0.39, 0.29) is 0 Å². The average molecular weight is 195 g/mol. The van der Waals surface area contributed by atoms with Crippen LogP contribution in [0.4, 0.5) is 0 Å². The predicted molar refractivity (Wildman–Crippen MR) is 53.7 cm³/mol. The topological polar surface area (TPSA) is 60.0 Å². The van der Waals surface area contributed by atoms with E-state index in [0.717, 1.165) is 38.3 Å². The van der Waals surface area contributed by atoms with Gasteiger partial charge in [0.1, 0.15) is 12.2 Å². The van der Waals surface area contributed by atoms with E-state index in [4.69, 9.17) is 5.73 Å². The lowest BCUT2D eigenvalue weighted by Crippen LogP contribution is -2.28. The van der Waals surface area contributed by atoms with Crippen molar-refractivity contribution in [3.8, 4) is 0 Å². The Labute approximate surface area is 83.9 Å². The number of aryl methyl sites for hydroxylation is 1. The summed E-state index contributed by atoms with van der Waals surface area (Å²) in [7, 11) is 1.98. The van der Waals surface area contributed by atoms with Crippen LogP contribution in [0.3, 0.4) is 0 Å². The number of hydrogen-bond donors (Lipinski definition) is 1. The maximum Gasteiger partial charge on any atom is 0.133 e. The van der Waals surface area contributed by atoms with Crippen LogP contribution in [0.1, 0.15) is 12.2 Å². The smallest absolute Gasteiger partial charge is 0.133 e. The molecule has 0 radical (unpaired) electrons. The van der Waals surface area contributed by atoms with Gasteiger partial charge in [-0.05, 0) is 13.0 Å². The summed E-state index contributed by atoms with van der Waals surface area (Å²) in [5, 5.41) is 7.90. The molecule has 2 N–H and O–H groups in total.